The van der Waals surface area contributed by atoms with Crippen LogP contribution in [0.1, 0.15) is 60.0 Å². The highest BCUT2D eigenvalue weighted by Crippen LogP contribution is 2.26. The molecule has 0 spiro atoms. The van der Waals surface area contributed by atoms with Crippen molar-refractivity contribution >= 4 is 11.6 Å². The van der Waals surface area contributed by atoms with Crippen molar-refractivity contribution in [2.24, 2.45) is 0 Å². The van der Waals surface area contributed by atoms with Gasteiger partial charge in [-0.15, -0.1) is 0 Å². The Kier molecular flexibility index (Phi) is 4.88. The standard InChI is InChI=1S/C17H26N2O2/c1-12-9-13(2)15(18)10-14(12)16(20)19-11-17(21)7-5-3-4-6-8-17/h9-10,21H,3-8,11,18H2,1-2H3,(H,19,20). The van der Waals surface area contributed by atoms with Gasteiger partial charge in [-0.1, -0.05) is 31.7 Å². The minimum atomic E-state index is -0.754. The van der Waals surface area contributed by atoms with Gasteiger partial charge in [-0.2, -0.15) is 0 Å². The van der Waals surface area contributed by atoms with Crippen LogP contribution in [-0.4, -0.2) is 23.2 Å². The first-order valence-corrected chi connectivity index (χ1v) is 7.79. The Bertz CT molecular complexity index is 518. The zero-order chi connectivity index (χ0) is 15.5. The maximum absolute atomic E-state index is 12.3. The van der Waals surface area contributed by atoms with E-state index < -0.39 is 5.60 Å². The van der Waals surface area contributed by atoms with Gasteiger partial charge in [0.1, 0.15) is 0 Å². The van der Waals surface area contributed by atoms with Crippen molar-refractivity contribution in [2.45, 2.75) is 58.0 Å². The van der Waals surface area contributed by atoms with Crippen LogP contribution in [0.5, 0.6) is 0 Å². The molecule has 0 heterocycles. The lowest BCUT2D eigenvalue weighted by atomic mass is 9.94. The first-order valence-electron chi connectivity index (χ1n) is 7.79. The lowest BCUT2D eigenvalue weighted by Crippen LogP contribution is -2.42. The van der Waals surface area contributed by atoms with Gasteiger partial charge in [0, 0.05) is 17.8 Å². The largest absolute Gasteiger partial charge is 0.398 e. The molecule has 116 valence electrons. The van der Waals surface area contributed by atoms with E-state index in [2.05, 4.69) is 5.32 Å². The van der Waals surface area contributed by atoms with Gasteiger partial charge >= 0.3 is 0 Å². The molecule has 21 heavy (non-hydrogen) atoms. The smallest absolute Gasteiger partial charge is 0.251 e. The predicted molar refractivity (Wildman–Crippen MR) is 85.3 cm³/mol. The number of aliphatic hydroxyl groups is 1. The third kappa shape index (κ3) is 3.97. The quantitative estimate of drug-likeness (QED) is 0.592. The van der Waals surface area contributed by atoms with E-state index in [1.54, 1.807) is 6.07 Å². The summed E-state index contributed by atoms with van der Waals surface area (Å²) in [6.45, 7) is 4.15. The monoisotopic (exact) mass is 290 g/mol. The minimum Gasteiger partial charge on any atom is -0.398 e. The van der Waals surface area contributed by atoms with Crippen LogP contribution in [-0.2, 0) is 0 Å². The summed E-state index contributed by atoms with van der Waals surface area (Å²) in [6, 6.07) is 3.64. The number of carbonyl (C=O) groups is 1. The van der Waals surface area contributed by atoms with Crippen molar-refractivity contribution in [3.05, 3.63) is 28.8 Å². The highest BCUT2D eigenvalue weighted by molar-refractivity contribution is 5.96. The van der Waals surface area contributed by atoms with E-state index in [-0.39, 0.29) is 5.91 Å². The summed E-state index contributed by atoms with van der Waals surface area (Å²) < 4.78 is 0. The molecular formula is C17H26N2O2. The van der Waals surface area contributed by atoms with E-state index in [9.17, 15) is 9.90 Å². The molecule has 1 aromatic rings. The molecule has 1 amide bonds. The summed E-state index contributed by atoms with van der Waals surface area (Å²) in [5, 5.41) is 13.5. The maximum atomic E-state index is 12.3. The van der Waals surface area contributed by atoms with Crippen LogP contribution in [0.2, 0.25) is 0 Å². The molecule has 0 saturated heterocycles. The molecule has 0 unspecified atom stereocenters. The number of nitrogen functional groups attached to an aromatic ring is 1. The maximum Gasteiger partial charge on any atom is 0.251 e. The molecule has 0 aromatic heterocycles. The number of amides is 1. The van der Waals surface area contributed by atoms with Crippen molar-refractivity contribution in [1.29, 1.82) is 0 Å². The molecule has 0 radical (unpaired) electrons. The summed E-state index contributed by atoms with van der Waals surface area (Å²) in [4.78, 5) is 12.3. The summed E-state index contributed by atoms with van der Waals surface area (Å²) >= 11 is 0. The fraction of sp³-hybridized carbons (Fsp3) is 0.588. The molecular weight excluding hydrogens is 264 g/mol. The Morgan fingerprint density at radius 1 is 1.19 bits per heavy atom. The Balaban J connectivity index is 2.03. The molecule has 1 aliphatic rings. The van der Waals surface area contributed by atoms with Crippen LogP contribution < -0.4 is 11.1 Å². The van der Waals surface area contributed by atoms with Crippen LogP contribution in [0.3, 0.4) is 0 Å². The van der Waals surface area contributed by atoms with Gasteiger partial charge in [-0.3, -0.25) is 4.79 Å². The van der Waals surface area contributed by atoms with Gasteiger partial charge in [0.25, 0.3) is 5.91 Å². The molecule has 0 aliphatic heterocycles. The molecule has 1 aromatic carbocycles. The molecule has 4 heteroatoms. The van der Waals surface area contributed by atoms with Crippen molar-refractivity contribution in [3.8, 4) is 0 Å². The van der Waals surface area contributed by atoms with Crippen LogP contribution in [0.25, 0.3) is 0 Å². The summed E-state index contributed by atoms with van der Waals surface area (Å²) in [6.07, 6.45) is 5.93. The van der Waals surface area contributed by atoms with Gasteiger partial charge in [0.15, 0.2) is 0 Å². The number of hydrogen-bond donors (Lipinski definition) is 3. The van der Waals surface area contributed by atoms with E-state index in [4.69, 9.17) is 5.73 Å². The summed E-state index contributed by atoms with van der Waals surface area (Å²) in [5.74, 6) is -0.156. The normalized spacial score (nSPS) is 18.0. The van der Waals surface area contributed by atoms with Crippen molar-refractivity contribution < 1.29 is 9.90 Å². The Hall–Kier alpha value is -1.55. The fourth-order valence-electron chi connectivity index (χ4n) is 3.02. The average molecular weight is 290 g/mol. The van der Waals surface area contributed by atoms with E-state index in [0.717, 1.165) is 36.8 Å². The molecule has 4 nitrogen and oxygen atoms in total. The molecule has 0 bridgehead atoms. The van der Waals surface area contributed by atoms with Gasteiger partial charge in [-0.25, -0.2) is 0 Å². The van der Waals surface area contributed by atoms with Crippen molar-refractivity contribution in [1.82, 2.24) is 5.32 Å². The fourth-order valence-corrected chi connectivity index (χ4v) is 3.02. The molecule has 2 rings (SSSR count). The SMILES string of the molecule is Cc1cc(C)c(C(=O)NCC2(O)CCCCCC2)cc1N. The molecule has 4 N–H and O–H groups in total. The van der Waals surface area contributed by atoms with E-state index in [0.29, 0.717) is 17.8 Å². The number of carbonyl (C=O) groups excluding carboxylic acids is 1. The highest BCUT2D eigenvalue weighted by Gasteiger charge is 2.28. The molecule has 1 fully saturated rings. The van der Waals surface area contributed by atoms with Crippen molar-refractivity contribution in [3.63, 3.8) is 0 Å². The number of nitrogens with two attached hydrogens (primary N) is 1. The lowest BCUT2D eigenvalue weighted by molar-refractivity contribution is 0.0246. The Labute approximate surface area is 126 Å². The zero-order valence-electron chi connectivity index (χ0n) is 13.0. The number of hydrogen-bond acceptors (Lipinski definition) is 3. The lowest BCUT2D eigenvalue weighted by Gasteiger charge is -2.27. The average Bonchev–Trinajstić information content (AvgIpc) is 2.66. The Morgan fingerprint density at radius 3 is 2.43 bits per heavy atom. The third-order valence-electron chi connectivity index (χ3n) is 4.47. The topological polar surface area (TPSA) is 75.3 Å². The first-order chi connectivity index (χ1) is 9.91. The zero-order valence-corrected chi connectivity index (χ0v) is 13.0. The van der Waals surface area contributed by atoms with E-state index in [1.807, 2.05) is 19.9 Å². The second-order valence-electron chi connectivity index (χ2n) is 6.34. The third-order valence-corrected chi connectivity index (χ3v) is 4.47. The van der Waals surface area contributed by atoms with Gasteiger partial charge in [0.05, 0.1) is 5.60 Å². The predicted octanol–water partition coefficient (Wildman–Crippen LogP) is 2.70. The molecule has 1 saturated carbocycles. The van der Waals surface area contributed by atoms with E-state index in [1.165, 1.54) is 12.8 Å². The van der Waals surface area contributed by atoms with Crippen LogP contribution >= 0.6 is 0 Å². The van der Waals surface area contributed by atoms with Gasteiger partial charge < -0.3 is 16.2 Å². The van der Waals surface area contributed by atoms with E-state index >= 15 is 0 Å². The van der Waals surface area contributed by atoms with Crippen LogP contribution in [0.15, 0.2) is 12.1 Å². The number of benzene rings is 1. The highest BCUT2D eigenvalue weighted by atomic mass is 16.3. The number of nitrogens with one attached hydrogen (secondary N) is 1. The van der Waals surface area contributed by atoms with Crippen molar-refractivity contribution in [2.75, 3.05) is 12.3 Å². The summed E-state index contributed by atoms with van der Waals surface area (Å²) in [7, 11) is 0. The van der Waals surface area contributed by atoms with Gasteiger partial charge in [0.2, 0.25) is 0 Å². The Morgan fingerprint density at radius 2 is 1.81 bits per heavy atom. The second kappa shape index (κ2) is 6.48. The van der Waals surface area contributed by atoms with Crippen LogP contribution in [0, 0.1) is 13.8 Å². The van der Waals surface area contributed by atoms with Crippen LogP contribution in [0.4, 0.5) is 5.69 Å². The number of aryl methyl sites for hydroxylation is 2. The second-order valence-corrected chi connectivity index (χ2v) is 6.34. The number of rotatable bonds is 3. The molecule has 0 atom stereocenters. The number of anilines is 1. The first kappa shape index (κ1) is 15.8. The summed E-state index contributed by atoms with van der Waals surface area (Å²) in [5.41, 5.74) is 8.23. The van der Waals surface area contributed by atoms with Gasteiger partial charge in [-0.05, 0) is 43.9 Å². The minimum absolute atomic E-state index is 0.156. The molecule has 1 aliphatic carbocycles.